The summed E-state index contributed by atoms with van der Waals surface area (Å²) in [4.78, 5) is 26.2. The lowest BCUT2D eigenvalue weighted by Crippen LogP contribution is -2.49. The summed E-state index contributed by atoms with van der Waals surface area (Å²) in [6.45, 7) is 4.80. The number of carbonyl (C=O) groups is 2. The number of nitrogens with one attached hydrogen (secondary N) is 2. The van der Waals surface area contributed by atoms with Gasteiger partial charge < -0.3 is 10.2 Å². The maximum atomic E-state index is 12.4. The van der Waals surface area contributed by atoms with E-state index in [0.717, 1.165) is 12.8 Å². The topological polar surface area (TPSA) is 78.1 Å². The van der Waals surface area contributed by atoms with Gasteiger partial charge in [0.2, 0.25) is 11.8 Å². The Morgan fingerprint density at radius 1 is 1.50 bits per heavy atom. The summed E-state index contributed by atoms with van der Waals surface area (Å²) in [6.07, 6.45) is 6.31. The van der Waals surface area contributed by atoms with E-state index in [-0.39, 0.29) is 11.8 Å². The molecule has 0 radical (unpaired) electrons. The number of hydrogen-bond donors (Lipinski definition) is 2. The molecule has 0 saturated carbocycles. The molecular weight excluding hydrogens is 256 g/mol. The van der Waals surface area contributed by atoms with E-state index in [2.05, 4.69) is 29.4 Å². The molecule has 0 bridgehead atoms. The molecule has 1 fully saturated rings. The van der Waals surface area contributed by atoms with Gasteiger partial charge in [-0.2, -0.15) is 5.10 Å². The first-order chi connectivity index (χ1) is 9.58. The van der Waals surface area contributed by atoms with Crippen LogP contribution in [0.1, 0.15) is 39.5 Å². The smallest absolute Gasteiger partial charge is 0.247 e. The first-order valence-corrected chi connectivity index (χ1v) is 7.17. The number of H-pyrrole nitrogens is 1. The Morgan fingerprint density at radius 2 is 2.30 bits per heavy atom. The van der Waals surface area contributed by atoms with Gasteiger partial charge in [-0.05, 0) is 25.2 Å². The zero-order valence-electron chi connectivity index (χ0n) is 12.1. The average molecular weight is 278 g/mol. The van der Waals surface area contributed by atoms with E-state index < -0.39 is 6.04 Å². The van der Waals surface area contributed by atoms with E-state index in [1.54, 1.807) is 17.3 Å². The van der Waals surface area contributed by atoms with Gasteiger partial charge in [0.15, 0.2) is 0 Å². The predicted molar refractivity (Wildman–Crippen MR) is 76.0 cm³/mol. The zero-order chi connectivity index (χ0) is 14.5. The summed E-state index contributed by atoms with van der Waals surface area (Å²) in [5.41, 5.74) is 0.633. The fourth-order valence-electron chi connectivity index (χ4n) is 2.52. The SMILES string of the molecule is CC(C)C[C@H](C(=O)Nc1cn[nH]c1)N1CCCCC1=O. The number of likely N-dealkylation sites (tertiary alicyclic amines) is 1. The molecule has 0 spiro atoms. The van der Waals surface area contributed by atoms with Crippen LogP contribution in [0.15, 0.2) is 12.4 Å². The molecule has 0 aromatic carbocycles. The molecular formula is C14H22N4O2. The number of aromatic amines is 1. The van der Waals surface area contributed by atoms with Crippen molar-refractivity contribution in [3.63, 3.8) is 0 Å². The third-order valence-corrected chi connectivity index (χ3v) is 3.50. The first-order valence-electron chi connectivity index (χ1n) is 7.17. The minimum Gasteiger partial charge on any atom is -0.331 e. The second kappa shape index (κ2) is 6.54. The van der Waals surface area contributed by atoms with Crippen molar-refractivity contribution in [2.45, 2.75) is 45.6 Å². The van der Waals surface area contributed by atoms with Crippen molar-refractivity contribution in [1.29, 1.82) is 0 Å². The Hall–Kier alpha value is -1.85. The quantitative estimate of drug-likeness (QED) is 0.861. The molecule has 6 nitrogen and oxygen atoms in total. The molecule has 2 N–H and O–H groups in total. The van der Waals surface area contributed by atoms with Crippen LogP contribution in [0.25, 0.3) is 0 Å². The van der Waals surface area contributed by atoms with Crippen LogP contribution in [0.2, 0.25) is 0 Å². The van der Waals surface area contributed by atoms with Gasteiger partial charge in [0.25, 0.3) is 0 Å². The zero-order valence-corrected chi connectivity index (χ0v) is 12.1. The predicted octanol–water partition coefficient (Wildman–Crippen LogP) is 1.78. The average Bonchev–Trinajstić information content (AvgIpc) is 2.89. The largest absolute Gasteiger partial charge is 0.331 e. The van der Waals surface area contributed by atoms with Crippen LogP contribution < -0.4 is 5.32 Å². The van der Waals surface area contributed by atoms with Gasteiger partial charge in [-0.15, -0.1) is 0 Å². The molecule has 2 rings (SSSR count). The van der Waals surface area contributed by atoms with Gasteiger partial charge >= 0.3 is 0 Å². The fourth-order valence-corrected chi connectivity index (χ4v) is 2.52. The Morgan fingerprint density at radius 3 is 2.90 bits per heavy atom. The number of hydrogen-bond acceptors (Lipinski definition) is 3. The third-order valence-electron chi connectivity index (χ3n) is 3.50. The Kier molecular flexibility index (Phi) is 4.76. The minimum absolute atomic E-state index is 0.0873. The standard InChI is InChI=1S/C14H22N4O2/c1-10(2)7-12(18-6-4-3-5-13(18)19)14(20)17-11-8-15-16-9-11/h8-10,12H,3-7H2,1-2H3,(H,15,16)(H,17,20)/t12-/m1/s1. The fraction of sp³-hybridized carbons (Fsp3) is 0.643. The van der Waals surface area contributed by atoms with Crippen molar-refractivity contribution in [2.24, 2.45) is 5.92 Å². The highest BCUT2D eigenvalue weighted by molar-refractivity contribution is 5.97. The monoisotopic (exact) mass is 278 g/mol. The lowest BCUT2D eigenvalue weighted by atomic mass is 9.98. The summed E-state index contributed by atoms with van der Waals surface area (Å²) < 4.78 is 0. The van der Waals surface area contributed by atoms with E-state index in [4.69, 9.17) is 0 Å². The van der Waals surface area contributed by atoms with Crippen LogP contribution >= 0.6 is 0 Å². The molecule has 1 aliphatic heterocycles. The normalized spacial score (nSPS) is 17.4. The van der Waals surface area contributed by atoms with Crippen LogP contribution in [0.5, 0.6) is 0 Å². The highest BCUT2D eigenvalue weighted by Gasteiger charge is 2.31. The number of nitrogens with zero attached hydrogens (tertiary/aromatic N) is 2. The van der Waals surface area contributed by atoms with Gasteiger partial charge in [-0.25, -0.2) is 0 Å². The van der Waals surface area contributed by atoms with E-state index in [1.807, 2.05) is 0 Å². The first kappa shape index (κ1) is 14.6. The number of rotatable bonds is 5. The van der Waals surface area contributed by atoms with Crippen molar-refractivity contribution in [2.75, 3.05) is 11.9 Å². The molecule has 1 aliphatic rings. The van der Waals surface area contributed by atoms with Crippen LogP contribution in [0.4, 0.5) is 5.69 Å². The molecule has 1 aromatic rings. The Labute approximate surface area is 118 Å². The van der Waals surface area contributed by atoms with E-state index in [9.17, 15) is 9.59 Å². The van der Waals surface area contributed by atoms with Gasteiger partial charge in [0.05, 0.1) is 11.9 Å². The van der Waals surface area contributed by atoms with Crippen molar-refractivity contribution >= 4 is 17.5 Å². The lowest BCUT2D eigenvalue weighted by molar-refractivity contribution is -0.141. The Bertz CT molecular complexity index is 456. The lowest BCUT2D eigenvalue weighted by Gasteiger charge is -2.34. The van der Waals surface area contributed by atoms with E-state index in [1.165, 1.54) is 0 Å². The molecule has 6 heteroatoms. The van der Waals surface area contributed by atoms with Gasteiger partial charge in [-0.3, -0.25) is 14.7 Å². The molecule has 0 unspecified atom stereocenters. The van der Waals surface area contributed by atoms with Crippen molar-refractivity contribution in [3.05, 3.63) is 12.4 Å². The van der Waals surface area contributed by atoms with Gasteiger partial charge in [0, 0.05) is 19.2 Å². The number of anilines is 1. The van der Waals surface area contributed by atoms with Crippen LogP contribution in [0, 0.1) is 5.92 Å². The van der Waals surface area contributed by atoms with Gasteiger partial charge in [0.1, 0.15) is 6.04 Å². The summed E-state index contributed by atoms with van der Waals surface area (Å²) in [5.74, 6) is 0.310. The maximum Gasteiger partial charge on any atom is 0.247 e. The molecule has 1 atom stereocenters. The number of aromatic nitrogens is 2. The molecule has 0 aliphatic carbocycles. The van der Waals surface area contributed by atoms with Crippen molar-refractivity contribution in [1.82, 2.24) is 15.1 Å². The van der Waals surface area contributed by atoms with Crippen LogP contribution in [-0.4, -0.2) is 39.5 Å². The number of amides is 2. The summed E-state index contributed by atoms with van der Waals surface area (Å²) >= 11 is 0. The highest BCUT2D eigenvalue weighted by Crippen LogP contribution is 2.20. The summed E-state index contributed by atoms with van der Waals surface area (Å²) in [6, 6.07) is -0.391. The summed E-state index contributed by atoms with van der Waals surface area (Å²) in [7, 11) is 0. The second-order valence-electron chi connectivity index (χ2n) is 5.67. The van der Waals surface area contributed by atoms with E-state index >= 15 is 0 Å². The van der Waals surface area contributed by atoms with Crippen molar-refractivity contribution in [3.8, 4) is 0 Å². The van der Waals surface area contributed by atoms with Crippen molar-refractivity contribution < 1.29 is 9.59 Å². The second-order valence-corrected chi connectivity index (χ2v) is 5.67. The molecule has 110 valence electrons. The summed E-state index contributed by atoms with van der Waals surface area (Å²) in [5, 5.41) is 9.28. The third kappa shape index (κ3) is 3.59. The van der Waals surface area contributed by atoms with E-state index in [0.29, 0.717) is 31.0 Å². The molecule has 1 aromatic heterocycles. The van der Waals surface area contributed by atoms with Crippen LogP contribution in [-0.2, 0) is 9.59 Å². The van der Waals surface area contributed by atoms with Gasteiger partial charge in [-0.1, -0.05) is 13.8 Å². The number of piperidine rings is 1. The molecule has 1 saturated heterocycles. The molecule has 2 amide bonds. The molecule has 20 heavy (non-hydrogen) atoms. The minimum atomic E-state index is -0.391. The maximum absolute atomic E-state index is 12.4. The molecule has 2 heterocycles. The van der Waals surface area contributed by atoms with Crippen LogP contribution in [0.3, 0.4) is 0 Å². The Balaban J connectivity index is 2.09. The highest BCUT2D eigenvalue weighted by atomic mass is 16.2. The number of carbonyl (C=O) groups excluding carboxylic acids is 2.